The summed E-state index contributed by atoms with van der Waals surface area (Å²) in [7, 11) is 1.95. The van der Waals surface area contributed by atoms with Crippen LogP contribution in [0.1, 0.15) is 16.5 Å². The third kappa shape index (κ3) is 2.48. The molecule has 0 amide bonds. The lowest BCUT2D eigenvalue weighted by atomic mass is 10.1. The van der Waals surface area contributed by atoms with Crippen LogP contribution in [0.3, 0.4) is 0 Å². The van der Waals surface area contributed by atoms with Gasteiger partial charge in [-0.05, 0) is 29.0 Å². The molecule has 3 nitrogen and oxygen atoms in total. The lowest BCUT2D eigenvalue weighted by molar-refractivity contribution is 0.519. The first-order valence-corrected chi connectivity index (χ1v) is 6.26. The molecule has 1 N–H and O–H groups in total. The Kier molecular flexibility index (Phi) is 3.56. The minimum Gasteiger partial charge on any atom is -0.457 e. The highest BCUT2D eigenvalue weighted by atomic mass is 79.9. The van der Waals surface area contributed by atoms with E-state index in [1.807, 2.05) is 24.8 Å². The van der Waals surface area contributed by atoms with Gasteiger partial charge in [-0.25, -0.2) is 0 Å². The van der Waals surface area contributed by atoms with Crippen LogP contribution in [0.4, 0.5) is 0 Å². The van der Waals surface area contributed by atoms with Gasteiger partial charge in [0, 0.05) is 29.1 Å². The number of halogens is 1. The summed E-state index contributed by atoms with van der Waals surface area (Å²) < 4.78 is 6.03. The smallest absolute Gasteiger partial charge is 0.173 e. The van der Waals surface area contributed by atoms with Crippen molar-refractivity contribution in [3.05, 3.63) is 39.1 Å². The van der Waals surface area contributed by atoms with Gasteiger partial charge < -0.3 is 9.73 Å². The fraction of sp³-hybridized carbons (Fsp3) is 0.300. The largest absolute Gasteiger partial charge is 0.457 e. The third-order valence-corrected chi connectivity index (χ3v) is 3.71. The third-order valence-electron chi connectivity index (χ3n) is 2.26. The number of nitrogens with zero attached hydrogens (tertiary/aromatic N) is 1. The average molecular weight is 287 g/mol. The number of hydrogen-bond donors (Lipinski definition) is 1. The number of nitrogens with one attached hydrogen (secondary N) is 1. The van der Waals surface area contributed by atoms with Crippen LogP contribution in [-0.2, 0) is 6.42 Å². The Morgan fingerprint density at radius 3 is 3.07 bits per heavy atom. The Balaban J connectivity index is 2.15. The van der Waals surface area contributed by atoms with Crippen LogP contribution in [0.15, 0.2) is 33.1 Å². The zero-order valence-electron chi connectivity index (χ0n) is 8.24. The van der Waals surface area contributed by atoms with E-state index >= 15 is 0 Å². The first-order valence-electron chi connectivity index (χ1n) is 4.58. The monoisotopic (exact) mass is 286 g/mol. The Morgan fingerprint density at radius 1 is 1.67 bits per heavy atom. The molecule has 0 radical (unpaired) electrons. The van der Waals surface area contributed by atoms with Gasteiger partial charge in [0.25, 0.3) is 0 Å². The van der Waals surface area contributed by atoms with Gasteiger partial charge in [-0.15, -0.1) is 11.3 Å². The molecular formula is C10H11BrN2OS. The van der Waals surface area contributed by atoms with Gasteiger partial charge in [-0.2, -0.15) is 0 Å². The van der Waals surface area contributed by atoms with Crippen molar-refractivity contribution >= 4 is 27.3 Å². The van der Waals surface area contributed by atoms with Gasteiger partial charge in [-0.1, -0.05) is 0 Å². The maximum absolute atomic E-state index is 5.23. The highest BCUT2D eigenvalue weighted by molar-refractivity contribution is 9.10. The van der Waals surface area contributed by atoms with E-state index in [0.717, 1.165) is 16.7 Å². The number of hydrogen-bond acceptors (Lipinski definition) is 4. The molecule has 0 aliphatic heterocycles. The van der Waals surface area contributed by atoms with Crippen molar-refractivity contribution in [1.82, 2.24) is 10.3 Å². The van der Waals surface area contributed by atoms with Crippen LogP contribution in [0.5, 0.6) is 0 Å². The van der Waals surface area contributed by atoms with E-state index in [0.29, 0.717) is 0 Å². The molecule has 0 fully saturated rings. The molecule has 0 bridgehead atoms. The number of likely N-dealkylation sites (N-methyl/N-ethyl adjacent to an activating group) is 1. The van der Waals surface area contributed by atoms with Gasteiger partial charge in [-0.3, -0.25) is 4.98 Å². The molecule has 0 aliphatic carbocycles. The maximum Gasteiger partial charge on any atom is 0.173 e. The molecule has 2 aromatic rings. The van der Waals surface area contributed by atoms with Crippen molar-refractivity contribution in [2.24, 2.45) is 0 Å². The Labute approximate surface area is 101 Å². The van der Waals surface area contributed by atoms with Gasteiger partial charge in [0.15, 0.2) is 4.67 Å². The second-order valence-corrected chi connectivity index (χ2v) is 4.85. The summed E-state index contributed by atoms with van der Waals surface area (Å²) in [6, 6.07) is 2.24. The van der Waals surface area contributed by atoms with E-state index in [-0.39, 0.29) is 6.04 Å². The second-order valence-electron chi connectivity index (χ2n) is 3.16. The van der Waals surface area contributed by atoms with Crippen LogP contribution < -0.4 is 5.32 Å². The summed E-state index contributed by atoms with van der Waals surface area (Å²) in [5.74, 6) is 0. The van der Waals surface area contributed by atoms with Crippen LogP contribution in [0.2, 0.25) is 0 Å². The Bertz CT molecular complexity index is 413. The van der Waals surface area contributed by atoms with E-state index < -0.39 is 0 Å². The topological polar surface area (TPSA) is 38.1 Å². The molecule has 0 spiro atoms. The minimum absolute atomic E-state index is 0.263. The van der Waals surface area contributed by atoms with E-state index in [1.165, 1.54) is 4.88 Å². The molecule has 0 saturated carbocycles. The van der Waals surface area contributed by atoms with Crippen LogP contribution in [0.25, 0.3) is 0 Å². The molecule has 1 unspecified atom stereocenters. The van der Waals surface area contributed by atoms with E-state index in [4.69, 9.17) is 4.42 Å². The quantitative estimate of drug-likeness (QED) is 0.939. The van der Waals surface area contributed by atoms with Crippen molar-refractivity contribution in [3.8, 4) is 0 Å². The number of thiazole rings is 1. The summed E-state index contributed by atoms with van der Waals surface area (Å²) >= 11 is 5.07. The first-order chi connectivity index (χ1) is 7.31. The van der Waals surface area contributed by atoms with Crippen molar-refractivity contribution in [1.29, 1.82) is 0 Å². The predicted molar refractivity (Wildman–Crippen MR) is 64.0 cm³/mol. The number of rotatable bonds is 4. The van der Waals surface area contributed by atoms with Crippen molar-refractivity contribution in [2.75, 3.05) is 7.05 Å². The molecule has 80 valence electrons. The highest BCUT2D eigenvalue weighted by Crippen LogP contribution is 2.27. The first kappa shape index (κ1) is 10.9. The maximum atomic E-state index is 5.23. The summed E-state index contributed by atoms with van der Waals surface area (Å²) in [6.07, 6.45) is 4.53. The molecule has 2 rings (SSSR count). The Hall–Kier alpha value is -0.650. The molecule has 5 heteroatoms. The summed E-state index contributed by atoms with van der Waals surface area (Å²) in [6.45, 7) is 0. The number of furan rings is 1. The van der Waals surface area contributed by atoms with Gasteiger partial charge in [0.05, 0.1) is 11.8 Å². The standard InChI is InChI=1S/C10H11BrN2OS/c1-12-9(4-7-5-13-6-15-7)8-2-3-14-10(8)11/h2-3,5-6,9,12H,4H2,1H3. The fourth-order valence-corrected chi connectivity index (χ4v) is 2.62. The summed E-state index contributed by atoms with van der Waals surface area (Å²) in [4.78, 5) is 5.34. The Morgan fingerprint density at radius 2 is 2.53 bits per heavy atom. The van der Waals surface area contributed by atoms with Crippen LogP contribution in [-0.4, -0.2) is 12.0 Å². The van der Waals surface area contributed by atoms with Crippen molar-refractivity contribution in [2.45, 2.75) is 12.5 Å². The van der Waals surface area contributed by atoms with Crippen molar-refractivity contribution < 1.29 is 4.42 Å². The van der Waals surface area contributed by atoms with Crippen LogP contribution >= 0.6 is 27.3 Å². The highest BCUT2D eigenvalue weighted by Gasteiger charge is 2.15. The molecule has 0 aliphatic rings. The predicted octanol–water partition coefficient (Wildman–Crippen LogP) is 3.00. The van der Waals surface area contributed by atoms with E-state index in [9.17, 15) is 0 Å². The van der Waals surface area contributed by atoms with Gasteiger partial charge >= 0.3 is 0 Å². The fourth-order valence-electron chi connectivity index (χ4n) is 1.47. The minimum atomic E-state index is 0.263. The lowest BCUT2D eigenvalue weighted by Gasteiger charge is -2.13. The normalized spacial score (nSPS) is 12.9. The molecule has 15 heavy (non-hydrogen) atoms. The number of aromatic nitrogens is 1. The molecule has 1 atom stereocenters. The van der Waals surface area contributed by atoms with Gasteiger partial charge in [0.2, 0.25) is 0 Å². The average Bonchev–Trinajstić information content (AvgIpc) is 2.85. The van der Waals surface area contributed by atoms with E-state index in [2.05, 4.69) is 26.2 Å². The van der Waals surface area contributed by atoms with Gasteiger partial charge in [0.1, 0.15) is 0 Å². The lowest BCUT2D eigenvalue weighted by Crippen LogP contribution is -2.18. The molecule has 0 aromatic carbocycles. The molecule has 2 aromatic heterocycles. The van der Waals surface area contributed by atoms with E-state index in [1.54, 1.807) is 17.6 Å². The SMILES string of the molecule is CNC(Cc1cncs1)c1ccoc1Br. The van der Waals surface area contributed by atoms with Crippen LogP contribution in [0, 0.1) is 0 Å². The van der Waals surface area contributed by atoms with Crippen molar-refractivity contribution in [3.63, 3.8) is 0 Å². The molecule has 0 saturated heterocycles. The molecule has 2 heterocycles. The zero-order valence-corrected chi connectivity index (χ0v) is 10.6. The zero-order chi connectivity index (χ0) is 10.7. The molecular weight excluding hydrogens is 276 g/mol. The summed E-state index contributed by atoms with van der Waals surface area (Å²) in [5.41, 5.74) is 3.00. The second kappa shape index (κ2) is 4.92. The summed E-state index contributed by atoms with van der Waals surface area (Å²) in [5, 5.41) is 3.27.